The maximum atomic E-state index is 12.0. The van der Waals surface area contributed by atoms with Gasteiger partial charge in [-0.25, -0.2) is 14.4 Å². The number of carboxylic acid groups (broad SMARTS) is 1. The van der Waals surface area contributed by atoms with Gasteiger partial charge in [0.15, 0.2) is 0 Å². The number of carbonyl (C=O) groups excluding carboxylic acids is 2. The second-order valence-corrected chi connectivity index (χ2v) is 8.14. The third kappa shape index (κ3) is 8.55. The molecule has 8 nitrogen and oxygen atoms in total. The highest BCUT2D eigenvalue weighted by Crippen LogP contribution is 2.17. The lowest BCUT2D eigenvalue weighted by Crippen LogP contribution is -2.44. The molecule has 0 aliphatic rings. The predicted molar refractivity (Wildman–Crippen MR) is 116 cm³/mol. The monoisotopic (exact) mass is 448 g/mol. The summed E-state index contributed by atoms with van der Waals surface area (Å²) in [5, 5.41) is 14.8. The Balaban J connectivity index is 1.89. The molecular formula is C22H25ClN2O6. The zero-order valence-electron chi connectivity index (χ0n) is 17.5. The van der Waals surface area contributed by atoms with Gasteiger partial charge >= 0.3 is 18.2 Å². The average Bonchev–Trinajstić information content (AvgIpc) is 2.67. The van der Waals surface area contributed by atoms with Crippen LogP contribution in [0.5, 0.6) is 0 Å². The zero-order valence-corrected chi connectivity index (χ0v) is 18.2. The molecule has 0 saturated carbocycles. The van der Waals surface area contributed by atoms with E-state index in [2.05, 4.69) is 10.6 Å². The van der Waals surface area contributed by atoms with E-state index in [9.17, 15) is 19.5 Å². The predicted octanol–water partition coefficient (Wildman–Crippen LogP) is 4.61. The van der Waals surface area contributed by atoms with Crippen LogP contribution in [0.2, 0.25) is 5.02 Å². The van der Waals surface area contributed by atoms with Crippen molar-refractivity contribution in [3.63, 3.8) is 0 Å². The summed E-state index contributed by atoms with van der Waals surface area (Å²) in [4.78, 5) is 35.3. The first-order valence-electron chi connectivity index (χ1n) is 9.52. The van der Waals surface area contributed by atoms with E-state index in [4.69, 9.17) is 21.1 Å². The number of ether oxygens (including phenoxy) is 2. The highest BCUT2D eigenvalue weighted by atomic mass is 35.5. The van der Waals surface area contributed by atoms with E-state index in [0.717, 1.165) is 0 Å². The molecule has 1 atom stereocenters. The Kier molecular flexibility index (Phi) is 8.27. The Bertz CT molecular complexity index is 924. The van der Waals surface area contributed by atoms with Gasteiger partial charge in [-0.05, 0) is 44.5 Å². The smallest absolute Gasteiger partial charge is 0.411 e. The molecule has 0 fully saturated rings. The molecule has 166 valence electrons. The van der Waals surface area contributed by atoms with Crippen LogP contribution >= 0.6 is 11.6 Å². The van der Waals surface area contributed by atoms with Gasteiger partial charge in [-0.2, -0.15) is 0 Å². The lowest BCUT2D eigenvalue weighted by atomic mass is 10.1. The van der Waals surface area contributed by atoms with Crippen molar-refractivity contribution in [2.45, 2.75) is 45.4 Å². The molecule has 2 amide bonds. The lowest BCUT2D eigenvalue weighted by molar-refractivity contribution is -0.139. The molecule has 0 aliphatic carbocycles. The van der Waals surface area contributed by atoms with E-state index in [1.807, 2.05) is 0 Å². The van der Waals surface area contributed by atoms with E-state index in [1.165, 1.54) is 0 Å². The van der Waals surface area contributed by atoms with Crippen molar-refractivity contribution in [1.29, 1.82) is 0 Å². The van der Waals surface area contributed by atoms with E-state index in [-0.39, 0.29) is 13.0 Å². The van der Waals surface area contributed by atoms with Gasteiger partial charge in [0.1, 0.15) is 18.2 Å². The molecule has 0 radical (unpaired) electrons. The number of rotatable bonds is 7. The van der Waals surface area contributed by atoms with Crippen LogP contribution in [0.1, 0.15) is 31.9 Å². The number of benzene rings is 2. The van der Waals surface area contributed by atoms with Gasteiger partial charge < -0.3 is 19.9 Å². The van der Waals surface area contributed by atoms with Crippen LogP contribution in [0.15, 0.2) is 48.5 Å². The first-order valence-corrected chi connectivity index (χ1v) is 9.90. The van der Waals surface area contributed by atoms with Crippen LogP contribution in [0.3, 0.4) is 0 Å². The van der Waals surface area contributed by atoms with Crippen molar-refractivity contribution in [3.05, 3.63) is 64.7 Å². The molecule has 9 heteroatoms. The summed E-state index contributed by atoms with van der Waals surface area (Å²) < 4.78 is 10.2. The van der Waals surface area contributed by atoms with Crippen LogP contribution in [-0.4, -0.2) is 34.9 Å². The molecule has 31 heavy (non-hydrogen) atoms. The number of hydrogen-bond acceptors (Lipinski definition) is 5. The third-order valence-corrected chi connectivity index (χ3v) is 4.31. The number of aliphatic carboxylic acids is 1. The van der Waals surface area contributed by atoms with E-state index >= 15 is 0 Å². The first-order chi connectivity index (χ1) is 14.5. The summed E-state index contributed by atoms with van der Waals surface area (Å²) >= 11 is 6.02. The summed E-state index contributed by atoms with van der Waals surface area (Å²) in [5.74, 6) is -1.18. The summed E-state index contributed by atoms with van der Waals surface area (Å²) in [6, 6.07) is 12.4. The van der Waals surface area contributed by atoms with Gasteiger partial charge in [-0.1, -0.05) is 41.9 Å². The number of nitrogens with one attached hydrogen (secondary N) is 2. The minimum atomic E-state index is -1.18. The van der Waals surface area contributed by atoms with Crippen LogP contribution < -0.4 is 10.6 Å². The second-order valence-electron chi connectivity index (χ2n) is 7.73. The topological polar surface area (TPSA) is 114 Å². The number of hydrogen-bond donors (Lipinski definition) is 3. The summed E-state index contributed by atoms with van der Waals surface area (Å²) in [5.41, 5.74) is 1.08. The van der Waals surface area contributed by atoms with Crippen molar-refractivity contribution < 1.29 is 29.0 Å². The van der Waals surface area contributed by atoms with Crippen molar-refractivity contribution in [2.24, 2.45) is 0 Å². The SMILES string of the molecule is CC(C)(C)OC(=O)N[C@H](Cc1ccc(NC(=O)OCc2ccccc2Cl)cc1)C(=O)O. The number of alkyl carbamates (subject to hydrolysis) is 1. The Labute approximate surface area is 185 Å². The quantitative estimate of drug-likeness (QED) is 0.570. The molecule has 0 bridgehead atoms. The van der Waals surface area contributed by atoms with Crippen molar-refractivity contribution in [1.82, 2.24) is 5.32 Å². The van der Waals surface area contributed by atoms with Crippen LogP contribution in [0, 0.1) is 0 Å². The standard InChI is InChI=1S/C22H25ClN2O6/c1-22(2,3)31-21(29)25-18(19(26)27)12-14-8-10-16(11-9-14)24-20(28)30-13-15-6-4-5-7-17(15)23/h4-11,18H,12-13H2,1-3H3,(H,24,28)(H,25,29)(H,26,27)/t18-/m1/s1. The average molecular weight is 449 g/mol. The molecule has 3 N–H and O–H groups in total. The molecule has 0 spiro atoms. The Morgan fingerprint density at radius 3 is 2.26 bits per heavy atom. The van der Waals surface area contributed by atoms with Crippen molar-refractivity contribution in [2.75, 3.05) is 5.32 Å². The zero-order chi connectivity index (χ0) is 23.0. The molecule has 0 heterocycles. The normalized spacial score (nSPS) is 11.9. The minimum absolute atomic E-state index is 0.0280. The van der Waals surface area contributed by atoms with Crippen molar-refractivity contribution >= 4 is 35.4 Å². The summed E-state index contributed by atoms with van der Waals surface area (Å²) in [6.07, 6.45) is -1.41. The fourth-order valence-corrected chi connectivity index (χ4v) is 2.71. The number of anilines is 1. The molecular weight excluding hydrogens is 424 g/mol. The summed E-state index contributed by atoms with van der Waals surface area (Å²) in [6.45, 7) is 5.09. The van der Waals surface area contributed by atoms with Gasteiger partial charge in [0.05, 0.1) is 0 Å². The van der Waals surface area contributed by atoms with E-state index in [1.54, 1.807) is 69.3 Å². The van der Waals surface area contributed by atoms with Gasteiger partial charge in [0, 0.05) is 22.7 Å². The van der Waals surface area contributed by atoms with Crippen LogP contribution in [-0.2, 0) is 27.3 Å². The van der Waals surface area contributed by atoms with Gasteiger partial charge in [0.25, 0.3) is 0 Å². The number of amides is 2. The maximum absolute atomic E-state index is 12.0. The third-order valence-electron chi connectivity index (χ3n) is 3.95. The molecule has 0 aliphatic heterocycles. The Morgan fingerprint density at radius 2 is 1.68 bits per heavy atom. The Morgan fingerprint density at radius 1 is 1.03 bits per heavy atom. The molecule has 2 aromatic carbocycles. The minimum Gasteiger partial charge on any atom is -0.480 e. The lowest BCUT2D eigenvalue weighted by Gasteiger charge is -2.22. The number of halogens is 1. The fraction of sp³-hybridized carbons (Fsp3) is 0.318. The first kappa shape index (κ1) is 24.0. The van der Waals surface area contributed by atoms with Crippen molar-refractivity contribution in [3.8, 4) is 0 Å². The molecule has 0 unspecified atom stereocenters. The van der Waals surface area contributed by atoms with Gasteiger partial charge in [0.2, 0.25) is 0 Å². The second kappa shape index (κ2) is 10.7. The van der Waals surface area contributed by atoms with Gasteiger partial charge in [-0.3, -0.25) is 5.32 Å². The van der Waals surface area contributed by atoms with Gasteiger partial charge in [-0.15, -0.1) is 0 Å². The molecule has 2 rings (SSSR count). The highest BCUT2D eigenvalue weighted by molar-refractivity contribution is 6.31. The maximum Gasteiger partial charge on any atom is 0.411 e. The number of carboxylic acids is 1. The molecule has 0 saturated heterocycles. The fourth-order valence-electron chi connectivity index (χ4n) is 2.52. The Hall–Kier alpha value is -3.26. The largest absolute Gasteiger partial charge is 0.480 e. The number of carbonyl (C=O) groups is 3. The van der Waals surface area contributed by atoms with Crippen LogP contribution in [0.25, 0.3) is 0 Å². The van der Waals surface area contributed by atoms with Crippen LogP contribution in [0.4, 0.5) is 15.3 Å². The van der Waals surface area contributed by atoms with E-state index in [0.29, 0.717) is 21.8 Å². The van der Waals surface area contributed by atoms with E-state index < -0.39 is 29.8 Å². The molecule has 0 aromatic heterocycles. The summed E-state index contributed by atoms with van der Waals surface area (Å²) in [7, 11) is 0. The molecule has 2 aromatic rings. The highest BCUT2D eigenvalue weighted by Gasteiger charge is 2.24.